The van der Waals surface area contributed by atoms with E-state index in [0.29, 0.717) is 6.61 Å². The van der Waals surface area contributed by atoms with E-state index in [4.69, 9.17) is 9.84 Å². The molecule has 0 heterocycles. The zero-order chi connectivity index (χ0) is 10.4. The summed E-state index contributed by atoms with van der Waals surface area (Å²) < 4.78 is 5.12. The molecule has 1 rings (SSSR count). The number of aryl methyl sites for hydroxylation is 1. The highest BCUT2D eigenvalue weighted by Gasteiger charge is 2.02. The van der Waals surface area contributed by atoms with Crippen LogP contribution in [0, 0.1) is 6.92 Å². The molecule has 2 nitrogen and oxygen atoms in total. The molecule has 0 saturated carbocycles. The number of hydrogen-bond donors (Lipinski definition) is 1. The zero-order valence-corrected chi connectivity index (χ0v) is 8.92. The average Bonchev–Trinajstić information content (AvgIpc) is 2.20. The van der Waals surface area contributed by atoms with Gasteiger partial charge in [0.15, 0.2) is 0 Å². The van der Waals surface area contributed by atoms with Gasteiger partial charge >= 0.3 is 0 Å². The zero-order valence-electron chi connectivity index (χ0n) is 8.92. The van der Waals surface area contributed by atoms with Crippen molar-refractivity contribution in [2.45, 2.75) is 26.4 Å². The van der Waals surface area contributed by atoms with Crippen molar-refractivity contribution < 1.29 is 9.84 Å². The van der Waals surface area contributed by atoms with Gasteiger partial charge in [-0.3, -0.25) is 0 Å². The lowest BCUT2D eigenvalue weighted by molar-refractivity contribution is 0.184. The van der Waals surface area contributed by atoms with Crippen LogP contribution < -0.4 is 0 Å². The van der Waals surface area contributed by atoms with Gasteiger partial charge in [-0.05, 0) is 36.5 Å². The Balaban J connectivity index is 2.78. The monoisotopic (exact) mass is 194 g/mol. The Morgan fingerprint density at radius 2 is 2.00 bits per heavy atom. The maximum Gasteiger partial charge on any atom is 0.0715 e. The summed E-state index contributed by atoms with van der Waals surface area (Å²) in [5.74, 6) is 0. The molecule has 0 saturated heterocycles. The fraction of sp³-hybridized carbons (Fsp3) is 0.500. The Kier molecular flexibility index (Phi) is 4.63. The Bertz CT molecular complexity index is 282. The van der Waals surface area contributed by atoms with E-state index in [0.717, 1.165) is 12.8 Å². The molecule has 0 bridgehead atoms. The topological polar surface area (TPSA) is 29.5 Å². The fourth-order valence-corrected chi connectivity index (χ4v) is 1.59. The molecule has 0 spiro atoms. The van der Waals surface area contributed by atoms with E-state index < -0.39 is 0 Å². The van der Waals surface area contributed by atoms with Crippen molar-refractivity contribution in [3.63, 3.8) is 0 Å². The summed E-state index contributed by atoms with van der Waals surface area (Å²) in [5.41, 5.74) is 3.85. The summed E-state index contributed by atoms with van der Waals surface area (Å²) >= 11 is 0. The number of hydrogen-bond acceptors (Lipinski definition) is 2. The maximum absolute atomic E-state index is 8.77. The van der Waals surface area contributed by atoms with Gasteiger partial charge in [0, 0.05) is 13.7 Å². The summed E-state index contributed by atoms with van der Waals surface area (Å²) in [6, 6.07) is 6.25. The van der Waals surface area contributed by atoms with Gasteiger partial charge in [0.1, 0.15) is 0 Å². The lowest BCUT2D eigenvalue weighted by Crippen LogP contribution is -1.98. The normalized spacial score (nSPS) is 10.5. The number of aliphatic hydroxyl groups is 1. The lowest BCUT2D eigenvalue weighted by Gasteiger charge is -2.09. The minimum Gasteiger partial charge on any atom is -0.396 e. The second-order valence-corrected chi connectivity index (χ2v) is 3.46. The predicted octanol–water partition coefficient (Wildman–Crippen LogP) is 2.07. The van der Waals surface area contributed by atoms with Crippen molar-refractivity contribution in [1.82, 2.24) is 0 Å². The van der Waals surface area contributed by atoms with E-state index >= 15 is 0 Å². The van der Waals surface area contributed by atoms with Crippen LogP contribution in [-0.4, -0.2) is 18.8 Å². The summed E-state index contributed by atoms with van der Waals surface area (Å²) in [5, 5.41) is 8.77. The van der Waals surface area contributed by atoms with E-state index in [9.17, 15) is 0 Å². The number of ether oxygens (including phenoxy) is 1. The molecule has 0 fully saturated rings. The van der Waals surface area contributed by atoms with E-state index in [-0.39, 0.29) is 6.61 Å². The van der Waals surface area contributed by atoms with Crippen LogP contribution in [0.4, 0.5) is 0 Å². The number of benzene rings is 1. The highest BCUT2D eigenvalue weighted by atomic mass is 16.5. The van der Waals surface area contributed by atoms with Gasteiger partial charge in [-0.1, -0.05) is 18.2 Å². The third-order valence-corrected chi connectivity index (χ3v) is 2.46. The molecule has 14 heavy (non-hydrogen) atoms. The second-order valence-electron chi connectivity index (χ2n) is 3.46. The third-order valence-electron chi connectivity index (χ3n) is 2.46. The highest BCUT2D eigenvalue weighted by Crippen LogP contribution is 2.16. The molecule has 0 unspecified atom stereocenters. The van der Waals surface area contributed by atoms with Crippen molar-refractivity contribution in [1.29, 1.82) is 0 Å². The van der Waals surface area contributed by atoms with E-state index in [1.165, 1.54) is 16.7 Å². The number of aliphatic hydroxyl groups excluding tert-OH is 1. The number of rotatable bonds is 5. The van der Waals surface area contributed by atoms with Gasteiger partial charge in [-0.2, -0.15) is 0 Å². The summed E-state index contributed by atoms with van der Waals surface area (Å²) in [6.45, 7) is 3.04. The Labute approximate surface area is 85.5 Å². The highest BCUT2D eigenvalue weighted by molar-refractivity contribution is 5.33. The molecule has 0 aromatic heterocycles. The van der Waals surface area contributed by atoms with E-state index in [1.54, 1.807) is 7.11 Å². The van der Waals surface area contributed by atoms with Crippen LogP contribution in [0.5, 0.6) is 0 Å². The largest absolute Gasteiger partial charge is 0.396 e. The van der Waals surface area contributed by atoms with Crippen molar-refractivity contribution in [3.05, 3.63) is 34.9 Å². The molecule has 0 radical (unpaired) electrons. The minimum absolute atomic E-state index is 0.258. The molecular weight excluding hydrogens is 176 g/mol. The lowest BCUT2D eigenvalue weighted by atomic mass is 9.99. The van der Waals surface area contributed by atoms with Gasteiger partial charge in [0.2, 0.25) is 0 Å². The molecule has 78 valence electrons. The quantitative estimate of drug-likeness (QED) is 0.777. The molecule has 1 N–H and O–H groups in total. The molecule has 0 aliphatic heterocycles. The third kappa shape index (κ3) is 2.82. The first-order valence-electron chi connectivity index (χ1n) is 4.96. The van der Waals surface area contributed by atoms with Gasteiger partial charge in [-0.15, -0.1) is 0 Å². The molecule has 1 aromatic carbocycles. The molecule has 0 atom stereocenters. The molecule has 0 aliphatic carbocycles. The van der Waals surface area contributed by atoms with Crippen LogP contribution in [0.3, 0.4) is 0 Å². The SMILES string of the molecule is COCc1cccc(CCCO)c1C. The van der Waals surface area contributed by atoms with Gasteiger partial charge in [-0.25, -0.2) is 0 Å². The molecule has 0 amide bonds. The first-order chi connectivity index (χ1) is 6.79. The van der Waals surface area contributed by atoms with Gasteiger partial charge in [0.25, 0.3) is 0 Å². The van der Waals surface area contributed by atoms with E-state index in [2.05, 4.69) is 19.1 Å². The minimum atomic E-state index is 0.258. The number of methoxy groups -OCH3 is 1. The van der Waals surface area contributed by atoms with Crippen LogP contribution in [0.1, 0.15) is 23.1 Å². The van der Waals surface area contributed by atoms with Crippen LogP contribution in [-0.2, 0) is 17.8 Å². The first-order valence-corrected chi connectivity index (χ1v) is 4.96. The molecule has 0 aliphatic rings. The van der Waals surface area contributed by atoms with Crippen molar-refractivity contribution >= 4 is 0 Å². The Morgan fingerprint density at radius 3 is 2.64 bits per heavy atom. The van der Waals surface area contributed by atoms with Crippen molar-refractivity contribution in [3.8, 4) is 0 Å². The predicted molar refractivity (Wildman–Crippen MR) is 57.3 cm³/mol. The summed E-state index contributed by atoms with van der Waals surface area (Å²) in [7, 11) is 1.71. The van der Waals surface area contributed by atoms with Crippen molar-refractivity contribution in [2.24, 2.45) is 0 Å². The fourth-order valence-electron chi connectivity index (χ4n) is 1.59. The maximum atomic E-state index is 8.77. The summed E-state index contributed by atoms with van der Waals surface area (Å²) in [6.07, 6.45) is 1.77. The van der Waals surface area contributed by atoms with Crippen molar-refractivity contribution in [2.75, 3.05) is 13.7 Å². The van der Waals surface area contributed by atoms with Gasteiger partial charge < -0.3 is 9.84 Å². The Hall–Kier alpha value is -0.860. The second kappa shape index (κ2) is 5.78. The van der Waals surface area contributed by atoms with Crippen LogP contribution in [0.15, 0.2) is 18.2 Å². The standard InChI is InChI=1S/C12H18O2/c1-10-11(7-4-8-13)5-3-6-12(10)9-14-2/h3,5-6,13H,4,7-9H2,1-2H3. The average molecular weight is 194 g/mol. The van der Waals surface area contributed by atoms with Crippen LogP contribution >= 0.6 is 0 Å². The smallest absolute Gasteiger partial charge is 0.0715 e. The van der Waals surface area contributed by atoms with Crippen LogP contribution in [0.25, 0.3) is 0 Å². The molecular formula is C12H18O2. The molecule has 1 aromatic rings. The Morgan fingerprint density at radius 1 is 1.29 bits per heavy atom. The molecule has 2 heteroatoms. The van der Waals surface area contributed by atoms with Crippen LogP contribution in [0.2, 0.25) is 0 Å². The van der Waals surface area contributed by atoms with Gasteiger partial charge in [0.05, 0.1) is 6.61 Å². The van der Waals surface area contributed by atoms with E-state index in [1.807, 2.05) is 6.07 Å². The first kappa shape index (κ1) is 11.2. The summed E-state index contributed by atoms with van der Waals surface area (Å²) in [4.78, 5) is 0.